The van der Waals surface area contributed by atoms with Gasteiger partial charge in [0.1, 0.15) is 5.75 Å². The highest BCUT2D eigenvalue weighted by molar-refractivity contribution is 7.12. The third kappa shape index (κ3) is 4.47. The lowest BCUT2D eigenvalue weighted by molar-refractivity contribution is 0.405. The molecular weight excluding hydrogens is 302 g/mol. The van der Waals surface area contributed by atoms with Crippen LogP contribution < -0.4 is 10.1 Å². The third-order valence-corrected chi connectivity index (χ3v) is 4.76. The lowest BCUT2D eigenvalue weighted by atomic mass is 10.0. The van der Waals surface area contributed by atoms with Crippen molar-refractivity contribution in [1.82, 2.24) is 5.32 Å². The molecule has 0 amide bonds. The largest absolute Gasteiger partial charge is 0.496 e. The van der Waals surface area contributed by atoms with Crippen LogP contribution in [0.4, 0.5) is 0 Å². The molecule has 1 unspecified atom stereocenters. The fraction of sp³-hybridized carbons (Fsp3) is 0.412. The summed E-state index contributed by atoms with van der Waals surface area (Å²) in [4.78, 5) is 2.70. The van der Waals surface area contributed by atoms with Gasteiger partial charge in [-0.25, -0.2) is 0 Å². The molecule has 0 bridgehead atoms. The van der Waals surface area contributed by atoms with Crippen molar-refractivity contribution in [2.45, 2.75) is 32.7 Å². The van der Waals surface area contributed by atoms with Crippen molar-refractivity contribution in [3.63, 3.8) is 0 Å². The van der Waals surface area contributed by atoms with Gasteiger partial charge in [-0.3, -0.25) is 0 Å². The van der Waals surface area contributed by atoms with Crippen molar-refractivity contribution in [3.05, 3.63) is 50.7 Å². The number of nitrogens with one attached hydrogen (secondary N) is 1. The van der Waals surface area contributed by atoms with Crippen LogP contribution in [-0.2, 0) is 6.42 Å². The summed E-state index contributed by atoms with van der Waals surface area (Å²) in [6, 6.07) is 10.5. The van der Waals surface area contributed by atoms with Crippen LogP contribution in [0.25, 0.3) is 0 Å². The first-order valence-electron chi connectivity index (χ1n) is 7.26. The zero-order valence-corrected chi connectivity index (χ0v) is 14.4. The molecule has 1 aromatic heterocycles. The normalized spacial score (nSPS) is 12.4. The van der Waals surface area contributed by atoms with E-state index in [2.05, 4.69) is 31.3 Å². The van der Waals surface area contributed by atoms with Gasteiger partial charge in [0.25, 0.3) is 0 Å². The monoisotopic (exact) mass is 323 g/mol. The minimum absolute atomic E-state index is 0.302. The Morgan fingerprint density at radius 2 is 2.10 bits per heavy atom. The van der Waals surface area contributed by atoms with Crippen LogP contribution in [0.5, 0.6) is 5.75 Å². The van der Waals surface area contributed by atoms with Crippen LogP contribution in [0.3, 0.4) is 0 Å². The summed E-state index contributed by atoms with van der Waals surface area (Å²) < 4.78 is 5.46. The van der Waals surface area contributed by atoms with E-state index in [0.29, 0.717) is 6.04 Å². The summed E-state index contributed by atoms with van der Waals surface area (Å²) >= 11 is 7.99. The molecule has 2 nitrogen and oxygen atoms in total. The van der Waals surface area contributed by atoms with E-state index in [1.54, 1.807) is 7.11 Å². The second-order valence-corrected chi connectivity index (χ2v) is 6.87. The molecule has 1 N–H and O–H groups in total. The van der Waals surface area contributed by atoms with E-state index in [0.717, 1.165) is 35.7 Å². The van der Waals surface area contributed by atoms with Crippen molar-refractivity contribution in [2.75, 3.05) is 13.7 Å². The average molecular weight is 324 g/mol. The minimum atomic E-state index is 0.302. The Bertz CT molecular complexity index is 582. The van der Waals surface area contributed by atoms with Crippen LogP contribution in [0.15, 0.2) is 30.3 Å². The number of ether oxygens (including phenoxy) is 1. The Balaban J connectivity index is 2.24. The standard InChI is InChI=1S/C17H22ClNOS/c1-4-9-19-15(17-8-5-12(2)21-17)11-13-10-14(18)6-7-16(13)20-3/h5-8,10,15,19H,4,9,11H2,1-3H3. The Hall–Kier alpha value is -1.03. The van der Waals surface area contributed by atoms with E-state index >= 15 is 0 Å². The molecule has 0 spiro atoms. The lowest BCUT2D eigenvalue weighted by Gasteiger charge is -2.19. The number of thiophene rings is 1. The molecule has 0 fully saturated rings. The van der Waals surface area contributed by atoms with Gasteiger partial charge in [0.2, 0.25) is 0 Å². The molecule has 2 rings (SSSR count). The van der Waals surface area contributed by atoms with Gasteiger partial charge in [0.05, 0.1) is 7.11 Å². The Kier molecular flexibility index (Phi) is 6.09. The number of rotatable bonds is 7. The predicted octanol–water partition coefficient (Wildman–Crippen LogP) is 5.00. The molecule has 1 aromatic carbocycles. The van der Waals surface area contributed by atoms with E-state index in [4.69, 9.17) is 16.3 Å². The molecule has 0 aliphatic rings. The molecule has 0 saturated carbocycles. The van der Waals surface area contributed by atoms with Gasteiger partial charge in [0.15, 0.2) is 0 Å². The van der Waals surface area contributed by atoms with E-state index in [9.17, 15) is 0 Å². The van der Waals surface area contributed by atoms with Gasteiger partial charge in [-0.2, -0.15) is 0 Å². The second kappa shape index (κ2) is 7.83. The number of hydrogen-bond donors (Lipinski definition) is 1. The molecule has 114 valence electrons. The number of methoxy groups -OCH3 is 1. The highest BCUT2D eigenvalue weighted by Gasteiger charge is 2.16. The summed E-state index contributed by atoms with van der Waals surface area (Å²) in [5.41, 5.74) is 1.14. The maximum Gasteiger partial charge on any atom is 0.122 e. The fourth-order valence-electron chi connectivity index (χ4n) is 2.36. The first-order valence-corrected chi connectivity index (χ1v) is 8.45. The maximum absolute atomic E-state index is 6.14. The van der Waals surface area contributed by atoms with Gasteiger partial charge in [-0.15, -0.1) is 11.3 Å². The smallest absolute Gasteiger partial charge is 0.122 e. The van der Waals surface area contributed by atoms with Gasteiger partial charge < -0.3 is 10.1 Å². The van der Waals surface area contributed by atoms with Crippen molar-refractivity contribution in [3.8, 4) is 5.75 Å². The van der Waals surface area contributed by atoms with Crippen LogP contribution >= 0.6 is 22.9 Å². The Morgan fingerprint density at radius 1 is 1.29 bits per heavy atom. The molecule has 4 heteroatoms. The lowest BCUT2D eigenvalue weighted by Crippen LogP contribution is -2.23. The van der Waals surface area contributed by atoms with Crippen LogP contribution in [0.2, 0.25) is 5.02 Å². The molecule has 0 aliphatic heterocycles. The maximum atomic E-state index is 6.14. The molecule has 0 radical (unpaired) electrons. The molecule has 1 atom stereocenters. The fourth-order valence-corrected chi connectivity index (χ4v) is 3.51. The van der Waals surface area contributed by atoms with Crippen LogP contribution in [0, 0.1) is 6.92 Å². The van der Waals surface area contributed by atoms with Gasteiger partial charge in [-0.1, -0.05) is 18.5 Å². The number of benzene rings is 1. The number of halogens is 1. The molecule has 0 saturated heterocycles. The van der Waals surface area contributed by atoms with E-state index in [1.165, 1.54) is 9.75 Å². The third-order valence-electron chi connectivity index (χ3n) is 3.41. The SMILES string of the molecule is CCCNC(Cc1cc(Cl)ccc1OC)c1ccc(C)s1. The van der Waals surface area contributed by atoms with Gasteiger partial charge in [-0.05, 0) is 62.2 Å². The number of aryl methyl sites for hydroxylation is 1. The summed E-state index contributed by atoms with van der Waals surface area (Å²) in [5.74, 6) is 0.899. The summed E-state index contributed by atoms with van der Waals surface area (Å²) in [7, 11) is 1.70. The van der Waals surface area contributed by atoms with Crippen molar-refractivity contribution >= 4 is 22.9 Å². The van der Waals surface area contributed by atoms with Crippen LogP contribution in [0.1, 0.15) is 34.7 Å². The first-order chi connectivity index (χ1) is 10.1. The van der Waals surface area contributed by atoms with Crippen molar-refractivity contribution < 1.29 is 4.74 Å². The summed E-state index contributed by atoms with van der Waals surface area (Å²) in [6.07, 6.45) is 2.00. The summed E-state index contributed by atoms with van der Waals surface area (Å²) in [6.45, 7) is 5.33. The number of hydrogen-bond acceptors (Lipinski definition) is 3. The minimum Gasteiger partial charge on any atom is -0.496 e. The second-order valence-electron chi connectivity index (χ2n) is 5.12. The first kappa shape index (κ1) is 16.3. The van der Waals surface area contributed by atoms with Gasteiger partial charge >= 0.3 is 0 Å². The highest BCUT2D eigenvalue weighted by atomic mass is 35.5. The quantitative estimate of drug-likeness (QED) is 0.774. The predicted molar refractivity (Wildman–Crippen MR) is 91.8 cm³/mol. The molecule has 2 aromatic rings. The van der Waals surface area contributed by atoms with Crippen LogP contribution in [-0.4, -0.2) is 13.7 Å². The molecular formula is C17H22ClNOS. The van der Waals surface area contributed by atoms with E-state index in [-0.39, 0.29) is 0 Å². The Labute approximate surface area is 136 Å². The molecule has 21 heavy (non-hydrogen) atoms. The van der Waals surface area contributed by atoms with E-state index in [1.807, 2.05) is 29.5 Å². The highest BCUT2D eigenvalue weighted by Crippen LogP contribution is 2.30. The zero-order chi connectivity index (χ0) is 15.2. The Morgan fingerprint density at radius 3 is 2.71 bits per heavy atom. The van der Waals surface area contributed by atoms with Gasteiger partial charge in [0, 0.05) is 20.8 Å². The average Bonchev–Trinajstić information content (AvgIpc) is 2.90. The van der Waals surface area contributed by atoms with E-state index < -0.39 is 0 Å². The topological polar surface area (TPSA) is 21.3 Å². The zero-order valence-electron chi connectivity index (χ0n) is 12.8. The van der Waals surface area contributed by atoms with Crippen molar-refractivity contribution in [1.29, 1.82) is 0 Å². The summed E-state index contributed by atoms with van der Waals surface area (Å²) in [5, 5.41) is 4.38. The molecule has 0 aliphatic carbocycles. The molecule has 1 heterocycles. The van der Waals surface area contributed by atoms with Crippen molar-refractivity contribution in [2.24, 2.45) is 0 Å².